The number of nitrogens with zero attached hydrogens (tertiary/aromatic N) is 1. The van der Waals surface area contributed by atoms with Gasteiger partial charge in [0.1, 0.15) is 5.75 Å². The molecule has 0 saturated carbocycles. The minimum atomic E-state index is -2.39. The highest BCUT2D eigenvalue weighted by Gasteiger charge is 2.33. The number of fused-ring (bicyclic) bond motifs is 1. The molecule has 0 saturated heterocycles. The molecule has 4 aromatic carbocycles. The molecule has 1 aliphatic rings. The van der Waals surface area contributed by atoms with E-state index in [1.165, 1.54) is 15.9 Å². The van der Waals surface area contributed by atoms with Crippen LogP contribution in [-0.4, -0.2) is 5.97 Å². The molecule has 0 spiro atoms. The zero-order valence-electron chi connectivity index (χ0n) is 17.0. The van der Waals surface area contributed by atoms with Crippen molar-refractivity contribution >= 4 is 28.9 Å². The van der Waals surface area contributed by atoms with Crippen LogP contribution in [0.1, 0.15) is 18.0 Å². The number of carbonyl (C=O) groups excluding carboxylic acids is 1. The first-order chi connectivity index (χ1) is 15.3. The number of esters is 1. The van der Waals surface area contributed by atoms with Crippen molar-refractivity contribution in [2.75, 3.05) is 0 Å². The summed E-state index contributed by atoms with van der Waals surface area (Å²) in [4.78, 5) is 12.5. The van der Waals surface area contributed by atoms with Crippen molar-refractivity contribution in [2.24, 2.45) is 4.74 Å². The Kier molecular flexibility index (Phi) is 5.28. The van der Waals surface area contributed by atoms with Crippen LogP contribution in [0.3, 0.4) is 0 Å². The molecule has 0 N–H and O–H groups in total. The van der Waals surface area contributed by atoms with Crippen LogP contribution in [0.2, 0.25) is 0 Å². The molecular formula is C27H22NO2P. The van der Waals surface area contributed by atoms with E-state index in [0.29, 0.717) is 5.75 Å². The van der Waals surface area contributed by atoms with Gasteiger partial charge in [0.15, 0.2) is 0 Å². The first-order valence-electron chi connectivity index (χ1n) is 10.4. The van der Waals surface area contributed by atoms with E-state index in [4.69, 9.17) is 9.48 Å². The molecule has 0 fully saturated rings. The van der Waals surface area contributed by atoms with E-state index in [1.807, 2.05) is 42.5 Å². The fourth-order valence-corrected chi connectivity index (χ4v) is 7.90. The fourth-order valence-electron chi connectivity index (χ4n) is 4.17. The number of rotatable bonds is 4. The van der Waals surface area contributed by atoms with E-state index in [0.717, 1.165) is 5.56 Å². The number of para-hydroxylation sites is 1. The van der Waals surface area contributed by atoms with Gasteiger partial charge >= 0.3 is 5.97 Å². The zero-order chi connectivity index (χ0) is 21.1. The molecule has 0 amide bonds. The van der Waals surface area contributed by atoms with Crippen molar-refractivity contribution in [3.8, 4) is 5.75 Å². The summed E-state index contributed by atoms with van der Waals surface area (Å²) in [6, 6.07) is 38.9. The molecule has 4 heteroatoms. The first kappa shape index (κ1) is 19.5. The van der Waals surface area contributed by atoms with Crippen molar-refractivity contribution in [1.82, 2.24) is 0 Å². The Morgan fingerprint density at radius 3 is 1.61 bits per heavy atom. The summed E-state index contributed by atoms with van der Waals surface area (Å²) in [5.41, 5.74) is 0.967. The highest BCUT2D eigenvalue weighted by Crippen LogP contribution is 2.51. The fraction of sp³-hybridized carbons (Fsp3) is 0.0741. The van der Waals surface area contributed by atoms with E-state index in [-0.39, 0.29) is 18.4 Å². The van der Waals surface area contributed by atoms with Crippen molar-refractivity contribution < 1.29 is 9.53 Å². The molecule has 1 unspecified atom stereocenters. The summed E-state index contributed by atoms with van der Waals surface area (Å²) >= 11 is 0. The minimum Gasteiger partial charge on any atom is -0.426 e. The highest BCUT2D eigenvalue weighted by atomic mass is 31.2. The summed E-state index contributed by atoms with van der Waals surface area (Å²) in [6.07, 6.45) is 0.241. The summed E-state index contributed by atoms with van der Waals surface area (Å²) in [7, 11) is -2.39. The zero-order valence-corrected chi connectivity index (χ0v) is 17.9. The van der Waals surface area contributed by atoms with Crippen LogP contribution < -0.4 is 20.7 Å². The number of hydrogen-bond acceptors (Lipinski definition) is 3. The third kappa shape index (κ3) is 3.62. The number of benzene rings is 4. The topological polar surface area (TPSA) is 38.7 Å². The lowest BCUT2D eigenvalue weighted by Gasteiger charge is -2.31. The lowest BCUT2D eigenvalue weighted by Crippen LogP contribution is -2.27. The van der Waals surface area contributed by atoms with Gasteiger partial charge in [-0.05, 0) is 6.07 Å². The summed E-state index contributed by atoms with van der Waals surface area (Å²) in [5, 5.41) is 3.51. The van der Waals surface area contributed by atoms with Crippen molar-refractivity contribution in [2.45, 2.75) is 12.5 Å². The van der Waals surface area contributed by atoms with Gasteiger partial charge in [0.05, 0.1) is 19.5 Å². The van der Waals surface area contributed by atoms with Crippen molar-refractivity contribution in [1.29, 1.82) is 0 Å². The molecule has 31 heavy (non-hydrogen) atoms. The Morgan fingerprint density at radius 1 is 0.645 bits per heavy atom. The first-order valence-corrected chi connectivity index (χ1v) is 12.1. The molecule has 1 aliphatic heterocycles. The second kappa shape index (κ2) is 8.37. The average Bonchev–Trinajstić information content (AvgIpc) is 2.84. The molecule has 5 rings (SSSR count). The third-order valence-electron chi connectivity index (χ3n) is 5.56. The molecule has 3 nitrogen and oxygen atoms in total. The monoisotopic (exact) mass is 423 g/mol. The lowest BCUT2D eigenvalue weighted by molar-refractivity contribution is -0.135. The number of carbonyl (C=O) groups is 1. The van der Waals surface area contributed by atoms with Gasteiger partial charge in [0.25, 0.3) is 0 Å². The Hall–Kier alpha value is -3.42. The Bertz CT molecular complexity index is 1150. The number of ether oxygens (including phenoxy) is 1. The van der Waals surface area contributed by atoms with E-state index in [9.17, 15) is 4.79 Å². The second-order valence-corrected chi connectivity index (χ2v) is 10.5. The summed E-state index contributed by atoms with van der Waals surface area (Å²) in [5.74, 6) is 0.375. The molecule has 0 aromatic heterocycles. The smallest absolute Gasteiger partial charge is 0.313 e. The van der Waals surface area contributed by atoms with Gasteiger partial charge in [-0.3, -0.25) is 9.54 Å². The van der Waals surface area contributed by atoms with Crippen LogP contribution in [-0.2, 0) is 4.79 Å². The maximum Gasteiger partial charge on any atom is 0.313 e. The molecule has 152 valence electrons. The second-order valence-electron chi connectivity index (χ2n) is 7.49. The van der Waals surface area contributed by atoms with Gasteiger partial charge < -0.3 is 4.74 Å². The molecule has 0 radical (unpaired) electrons. The molecular weight excluding hydrogens is 401 g/mol. The van der Waals surface area contributed by atoms with Crippen molar-refractivity contribution in [3.05, 3.63) is 121 Å². The van der Waals surface area contributed by atoms with Gasteiger partial charge in [-0.25, -0.2) is 0 Å². The van der Waals surface area contributed by atoms with E-state index < -0.39 is 7.05 Å². The highest BCUT2D eigenvalue weighted by molar-refractivity contribution is 7.87. The Labute approximate surface area is 182 Å². The van der Waals surface area contributed by atoms with Crippen LogP contribution in [0.4, 0.5) is 0 Å². The van der Waals surface area contributed by atoms with Gasteiger partial charge in [0, 0.05) is 21.5 Å². The Morgan fingerprint density at radius 2 is 1.10 bits per heavy atom. The quantitative estimate of drug-likeness (QED) is 0.257. The van der Waals surface area contributed by atoms with Crippen LogP contribution in [0, 0.1) is 0 Å². The SMILES string of the molecule is O=C1CC(N=P(c2ccccc2)(c2ccccc2)c2ccccc2)c2ccccc2O1. The normalized spacial score (nSPS) is 15.6. The predicted molar refractivity (Wildman–Crippen MR) is 127 cm³/mol. The largest absolute Gasteiger partial charge is 0.426 e. The van der Waals surface area contributed by atoms with E-state index in [1.54, 1.807) is 0 Å². The third-order valence-corrected chi connectivity index (χ3v) is 9.33. The van der Waals surface area contributed by atoms with Gasteiger partial charge in [-0.15, -0.1) is 0 Å². The molecule has 0 aliphatic carbocycles. The number of hydrogen-bond donors (Lipinski definition) is 0. The van der Waals surface area contributed by atoms with Crippen LogP contribution >= 0.6 is 7.05 Å². The standard InChI is InChI=1S/C27H22NO2P/c29-27-20-25(24-18-10-11-19-26(24)30-27)28-31(21-12-4-1-5-13-21,22-14-6-2-7-15-22)23-16-8-3-9-17-23/h1-19,25H,20H2. The predicted octanol–water partition coefficient (Wildman–Crippen LogP) is 5.21. The average molecular weight is 423 g/mol. The molecule has 0 bridgehead atoms. The minimum absolute atomic E-state index is 0.236. The van der Waals surface area contributed by atoms with E-state index in [2.05, 4.69) is 72.8 Å². The lowest BCUT2D eigenvalue weighted by atomic mass is 10.0. The van der Waals surface area contributed by atoms with Crippen LogP contribution in [0.5, 0.6) is 5.75 Å². The van der Waals surface area contributed by atoms with Gasteiger partial charge in [-0.1, -0.05) is 109 Å². The molecule has 1 atom stereocenters. The van der Waals surface area contributed by atoms with Crippen LogP contribution in [0.25, 0.3) is 0 Å². The summed E-state index contributed by atoms with van der Waals surface area (Å²) < 4.78 is 11.1. The van der Waals surface area contributed by atoms with Crippen LogP contribution in [0.15, 0.2) is 120 Å². The molecule has 4 aromatic rings. The molecule has 1 heterocycles. The maximum absolute atomic E-state index is 12.5. The van der Waals surface area contributed by atoms with Crippen molar-refractivity contribution in [3.63, 3.8) is 0 Å². The maximum atomic E-state index is 12.5. The van der Waals surface area contributed by atoms with Gasteiger partial charge in [0.2, 0.25) is 0 Å². The van der Waals surface area contributed by atoms with E-state index >= 15 is 0 Å². The summed E-state index contributed by atoms with van der Waals surface area (Å²) in [6.45, 7) is 0. The van der Waals surface area contributed by atoms with Gasteiger partial charge in [-0.2, -0.15) is 0 Å². The Balaban J connectivity index is 1.86.